The van der Waals surface area contributed by atoms with E-state index in [1.807, 2.05) is 6.92 Å². The lowest BCUT2D eigenvalue weighted by Crippen LogP contribution is -1.92. The lowest BCUT2D eigenvalue weighted by molar-refractivity contribution is 0.506. The van der Waals surface area contributed by atoms with Gasteiger partial charge in [0.25, 0.3) is 0 Å². The van der Waals surface area contributed by atoms with Gasteiger partial charge in [-0.05, 0) is 48.8 Å². The van der Waals surface area contributed by atoms with Crippen molar-refractivity contribution in [2.24, 2.45) is 11.3 Å². The van der Waals surface area contributed by atoms with E-state index in [1.165, 1.54) is 17.7 Å². The summed E-state index contributed by atoms with van der Waals surface area (Å²) in [7, 11) is 0. The number of benzene rings is 1. The van der Waals surface area contributed by atoms with Crippen LogP contribution in [0.2, 0.25) is 0 Å². The van der Waals surface area contributed by atoms with Gasteiger partial charge in [-0.15, -0.1) is 0 Å². The van der Waals surface area contributed by atoms with Crippen LogP contribution in [0, 0.1) is 23.0 Å². The average Bonchev–Trinajstić information content (AvgIpc) is 2.84. The molecule has 0 heterocycles. The molecule has 17 heavy (non-hydrogen) atoms. The van der Waals surface area contributed by atoms with Crippen molar-refractivity contribution in [1.29, 1.82) is 0 Å². The molecule has 1 aliphatic rings. The highest BCUT2D eigenvalue weighted by Gasteiger charge is 2.58. The topological polar surface area (TPSA) is 0 Å². The Kier molecular flexibility index (Phi) is 2.84. The van der Waals surface area contributed by atoms with Gasteiger partial charge in [0, 0.05) is 0 Å². The van der Waals surface area contributed by atoms with Crippen molar-refractivity contribution < 1.29 is 8.78 Å². The zero-order chi connectivity index (χ0) is 12.8. The second-order valence-electron chi connectivity index (χ2n) is 5.48. The maximum atomic E-state index is 13.2. The SMILES string of the molecule is C/C=C(/C)C1[C@H](c2ccc(F)c(F)c2)C1(C)C. The first-order chi connectivity index (χ1) is 7.89. The molecule has 2 rings (SSSR count). The van der Waals surface area contributed by atoms with Crippen LogP contribution in [0.25, 0.3) is 0 Å². The summed E-state index contributed by atoms with van der Waals surface area (Å²) in [6.07, 6.45) is 2.10. The van der Waals surface area contributed by atoms with Gasteiger partial charge in [0.2, 0.25) is 0 Å². The molecule has 0 nitrogen and oxygen atoms in total. The van der Waals surface area contributed by atoms with Crippen molar-refractivity contribution in [3.63, 3.8) is 0 Å². The van der Waals surface area contributed by atoms with Crippen LogP contribution in [-0.4, -0.2) is 0 Å². The molecule has 1 saturated carbocycles. The van der Waals surface area contributed by atoms with Crippen molar-refractivity contribution in [2.75, 3.05) is 0 Å². The first-order valence-electron chi connectivity index (χ1n) is 5.97. The fraction of sp³-hybridized carbons (Fsp3) is 0.467. The third-order valence-corrected chi connectivity index (χ3v) is 4.08. The van der Waals surface area contributed by atoms with E-state index < -0.39 is 11.6 Å². The smallest absolute Gasteiger partial charge is 0.159 e. The van der Waals surface area contributed by atoms with Crippen molar-refractivity contribution in [3.8, 4) is 0 Å². The number of rotatable bonds is 2. The maximum absolute atomic E-state index is 13.2. The molecular weight excluding hydrogens is 218 g/mol. The molecule has 1 aromatic rings. The van der Waals surface area contributed by atoms with E-state index >= 15 is 0 Å². The predicted octanol–water partition coefficient (Wildman–Crippen LogP) is 4.67. The highest BCUT2D eigenvalue weighted by atomic mass is 19.2. The summed E-state index contributed by atoms with van der Waals surface area (Å²) in [4.78, 5) is 0. The molecule has 0 saturated heterocycles. The Morgan fingerprint density at radius 3 is 2.41 bits per heavy atom. The largest absolute Gasteiger partial charge is 0.204 e. The highest BCUT2D eigenvalue weighted by Crippen LogP contribution is 2.67. The molecule has 1 aliphatic carbocycles. The Balaban J connectivity index is 2.33. The molecule has 2 atom stereocenters. The second-order valence-corrected chi connectivity index (χ2v) is 5.48. The van der Waals surface area contributed by atoms with Gasteiger partial charge < -0.3 is 0 Å². The van der Waals surface area contributed by atoms with E-state index in [9.17, 15) is 8.78 Å². The molecule has 0 aliphatic heterocycles. The van der Waals surface area contributed by atoms with Crippen molar-refractivity contribution in [1.82, 2.24) is 0 Å². The molecule has 1 aromatic carbocycles. The van der Waals surface area contributed by atoms with E-state index in [4.69, 9.17) is 0 Å². The first kappa shape index (κ1) is 12.3. The molecule has 1 fully saturated rings. The summed E-state index contributed by atoms with van der Waals surface area (Å²) < 4.78 is 26.2. The molecule has 0 radical (unpaired) electrons. The van der Waals surface area contributed by atoms with Crippen LogP contribution in [-0.2, 0) is 0 Å². The van der Waals surface area contributed by atoms with Gasteiger partial charge in [-0.1, -0.05) is 31.6 Å². The summed E-state index contributed by atoms with van der Waals surface area (Å²) in [5, 5.41) is 0. The van der Waals surface area contributed by atoms with Crippen molar-refractivity contribution in [2.45, 2.75) is 33.6 Å². The molecule has 0 bridgehead atoms. The fourth-order valence-electron chi connectivity index (χ4n) is 2.99. The van der Waals surface area contributed by atoms with E-state index in [-0.39, 0.29) is 5.41 Å². The maximum Gasteiger partial charge on any atom is 0.159 e. The van der Waals surface area contributed by atoms with Crippen molar-refractivity contribution in [3.05, 3.63) is 47.0 Å². The van der Waals surface area contributed by atoms with Crippen LogP contribution in [0.3, 0.4) is 0 Å². The standard InChI is InChI=1S/C15H18F2/c1-5-9(2)13-14(15(13,3)4)10-6-7-11(16)12(17)8-10/h5-8,13-14H,1-4H3/b9-5-/t13?,14-/m0/s1. The quantitative estimate of drug-likeness (QED) is 0.654. The van der Waals surface area contributed by atoms with Crippen LogP contribution in [0.4, 0.5) is 8.78 Å². The Morgan fingerprint density at radius 2 is 1.88 bits per heavy atom. The van der Waals surface area contributed by atoms with E-state index in [0.717, 1.165) is 5.56 Å². The minimum absolute atomic E-state index is 0.140. The third kappa shape index (κ3) is 1.90. The van der Waals surface area contributed by atoms with Crippen molar-refractivity contribution >= 4 is 0 Å². The number of allylic oxidation sites excluding steroid dienone is 2. The molecule has 0 amide bonds. The molecular formula is C15H18F2. The molecule has 0 N–H and O–H groups in total. The lowest BCUT2D eigenvalue weighted by atomic mass is 10.0. The molecule has 2 heteroatoms. The summed E-state index contributed by atoms with van der Waals surface area (Å²) >= 11 is 0. The minimum Gasteiger partial charge on any atom is -0.204 e. The van der Waals surface area contributed by atoms with E-state index in [0.29, 0.717) is 11.8 Å². The Bertz CT molecular complexity index is 472. The summed E-state index contributed by atoms with van der Waals surface area (Å²) in [6.45, 7) is 8.48. The van der Waals surface area contributed by atoms with Gasteiger partial charge in [0.1, 0.15) is 0 Å². The molecule has 0 aromatic heterocycles. The number of hydrogen-bond donors (Lipinski definition) is 0. The Hall–Kier alpha value is -1.18. The predicted molar refractivity (Wildman–Crippen MR) is 65.8 cm³/mol. The van der Waals surface area contributed by atoms with Gasteiger partial charge in [-0.2, -0.15) is 0 Å². The average molecular weight is 236 g/mol. The summed E-state index contributed by atoms with van der Waals surface area (Å²) in [6, 6.07) is 4.26. The van der Waals surface area contributed by atoms with Crippen LogP contribution in [0.5, 0.6) is 0 Å². The van der Waals surface area contributed by atoms with Gasteiger partial charge in [0.05, 0.1) is 0 Å². The number of hydrogen-bond acceptors (Lipinski definition) is 0. The second kappa shape index (κ2) is 3.94. The van der Waals surface area contributed by atoms with Gasteiger partial charge in [-0.3, -0.25) is 0 Å². The van der Waals surface area contributed by atoms with Crippen LogP contribution >= 0.6 is 0 Å². The van der Waals surface area contributed by atoms with Crippen LogP contribution < -0.4 is 0 Å². The summed E-state index contributed by atoms with van der Waals surface area (Å²) in [5.74, 6) is -0.778. The lowest BCUT2D eigenvalue weighted by Gasteiger charge is -2.03. The first-order valence-corrected chi connectivity index (χ1v) is 5.97. The fourth-order valence-corrected chi connectivity index (χ4v) is 2.99. The van der Waals surface area contributed by atoms with Gasteiger partial charge in [-0.25, -0.2) is 8.78 Å². The van der Waals surface area contributed by atoms with Crippen LogP contribution in [0.1, 0.15) is 39.2 Å². The Morgan fingerprint density at radius 1 is 1.24 bits per heavy atom. The third-order valence-electron chi connectivity index (χ3n) is 4.08. The number of halogens is 2. The summed E-state index contributed by atoms with van der Waals surface area (Å²) in [5.41, 5.74) is 2.37. The zero-order valence-electron chi connectivity index (χ0n) is 10.7. The van der Waals surface area contributed by atoms with E-state index in [1.54, 1.807) is 6.07 Å². The monoisotopic (exact) mass is 236 g/mol. The Labute approximate surface area is 101 Å². The normalized spacial score (nSPS) is 27.1. The van der Waals surface area contributed by atoms with Gasteiger partial charge in [0.15, 0.2) is 11.6 Å². The van der Waals surface area contributed by atoms with Gasteiger partial charge >= 0.3 is 0 Å². The highest BCUT2D eigenvalue weighted by molar-refractivity contribution is 5.37. The minimum atomic E-state index is -0.772. The molecule has 0 spiro atoms. The molecule has 92 valence electrons. The molecule has 1 unspecified atom stereocenters. The van der Waals surface area contributed by atoms with E-state index in [2.05, 4.69) is 26.8 Å². The van der Waals surface area contributed by atoms with Crippen LogP contribution in [0.15, 0.2) is 29.8 Å². The zero-order valence-corrected chi connectivity index (χ0v) is 10.7.